The quantitative estimate of drug-likeness (QED) is 0.726. The zero-order chi connectivity index (χ0) is 10.4. The third-order valence-electron chi connectivity index (χ3n) is 2.46. The minimum absolute atomic E-state index is 0.0558. The van der Waals surface area contributed by atoms with Crippen LogP contribution in [0.4, 0.5) is 4.79 Å². The minimum atomic E-state index is -0.404. The van der Waals surface area contributed by atoms with Gasteiger partial charge in [-0.15, -0.1) is 0 Å². The molecular weight excluding hydrogens is 182 g/mol. The van der Waals surface area contributed by atoms with Gasteiger partial charge in [0.05, 0.1) is 12.6 Å². The van der Waals surface area contributed by atoms with Crippen LogP contribution < -0.4 is 5.32 Å². The molecule has 4 nitrogen and oxygen atoms in total. The van der Waals surface area contributed by atoms with Crippen molar-refractivity contribution in [3.05, 3.63) is 0 Å². The Morgan fingerprint density at radius 3 is 2.71 bits per heavy atom. The van der Waals surface area contributed by atoms with Crippen LogP contribution in [0.15, 0.2) is 0 Å². The number of amides is 1. The summed E-state index contributed by atoms with van der Waals surface area (Å²) >= 11 is 0. The average molecular weight is 201 g/mol. The molecule has 0 aliphatic heterocycles. The van der Waals surface area contributed by atoms with Crippen molar-refractivity contribution in [2.45, 2.75) is 51.2 Å². The fourth-order valence-corrected chi connectivity index (χ4v) is 1.62. The second-order valence-electron chi connectivity index (χ2n) is 3.89. The van der Waals surface area contributed by atoms with E-state index in [4.69, 9.17) is 9.84 Å². The second kappa shape index (κ2) is 5.86. The zero-order valence-corrected chi connectivity index (χ0v) is 8.66. The molecule has 0 heterocycles. The third kappa shape index (κ3) is 3.96. The first-order valence-electron chi connectivity index (χ1n) is 5.30. The van der Waals surface area contributed by atoms with Gasteiger partial charge in [0.25, 0.3) is 0 Å². The number of rotatable bonds is 3. The summed E-state index contributed by atoms with van der Waals surface area (Å²) in [6.07, 6.45) is 5.16. The van der Waals surface area contributed by atoms with E-state index >= 15 is 0 Å². The van der Waals surface area contributed by atoms with Gasteiger partial charge < -0.3 is 15.2 Å². The van der Waals surface area contributed by atoms with E-state index < -0.39 is 6.09 Å². The van der Waals surface area contributed by atoms with Crippen LogP contribution in [0.1, 0.15) is 39.0 Å². The number of nitrogens with one attached hydrogen (secondary N) is 1. The van der Waals surface area contributed by atoms with Crippen molar-refractivity contribution in [1.29, 1.82) is 0 Å². The van der Waals surface area contributed by atoms with Crippen LogP contribution in [0.2, 0.25) is 0 Å². The van der Waals surface area contributed by atoms with E-state index in [1.807, 2.05) is 0 Å². The number of hydrogen-bond acceptors (Lipinski definition) is 3. The summed E-state index contributed by atoms with van der Waals surface area (Å²) < 4.78 is 5.20. The van der Waals surface area contributed by atoms with Crippen molar-refractivity contribution >= 4 is 6.09 Å². The van der Waals surface area contributed by atoms with E-state index in [0.29, 0.717) is 0 Å². The fourth-order valence-electron chi connectivity index (χ4n) is 1.62. The molecule has 4 heteroatoms. The summed E-state index contributed by atoms with van der Waals surface area (Å²) in [4.78, 5) is 11.2. The molecule has 82 valence electrons. The van der Waals surface area contributed by atoms with Gasteiger partial charge in [0.2, 0.25) is 0 Å². The van der Waals surface area contributed by atoms with Gasteiger partial charge in [-0.3, -0.25) is 0 Å². The number of carbonyl (C=O) groups excluding carboxylic acids is 1. The third-order valence-corrected chi connectivity index (χ3v) is 2.46. The number of carbonyl (C=O) groups is 1. The van der Waals surface area contributed by atoms with E-state index in [1.54, 1.807) is 6.92 Å². The van der Waals surface area contributed by atoms with E-state index in [0.717, 1.165) is 25.7 Å². The maximum Gasteiger partial charge on any atom is 0.407 e. The van der Waals surface area contributed by atoms with Crippen LogP contribution in [0.25, 0.3) is 0 Å². The van der Waals surface area contributed by atoms with Crippen molar-refractivity contribution < 1.29 is 14.6 Å². The molecule has 1 rings (SSSR count). The lowest BCUT2D eigenvalue weighted by atomic mass is 9.98. The highest BCUT2D eigenvalue weighted by molar-refractivity contribution is 5.67. The zero-order valence-electron chi connectivity index (χ0n) is 8.66. The van der Waals surface area contributed by atoms with Gasteiger partial charge in [-0.05, 0) is 32.6 Å². The second-order valence-corrected chi connectivity index (χ2v) is 3.89. The van der Waals surface area contributed by atoms with E-state index in [1.165, 1.54) is 6.42 Å². The summed E-state index contributed by atoms with van der Waals surface area (Å²) in [5.74, 6) is 0. The van der Waals surface area contributed by atoms with Crippen LogP contribution in [-0.2, 0) is 4.74 Å². The SMILES string of the molecule is C[C@@H](CO)NC(=O)OC1CCCCC1. The minimum Gasteiger partial charge on any atom is -0.446 e. The molecule has 0 spiro atoms. The highest BCUT2D eigenvalue weighted by Gasteiger charge is 2.18. The first-order valence-corrected chi connectivity index (χ1v) is 5.30. The molecule has 1 aliphatic rings. The predicted molar refractivity (Wildman–Crippen MR) is 53.0 cm³/mol. The molecule has 2 N–H and O–H groups in total. The molecule has 14 heavy (non-hydrogen) atoms. The standard InChI is InChI=1S/C10H19NO3/c1-8(7-12)11-10(13)14-9-5-3-2-4-6-9/h8-9,12H,2-7H2,1H3,(H,11,13)/t8-/m0/s1. The molecule has 0 radical (unpaired) electrons. The van der Waals surface area contributed by atoms with Crippen molar-refractivity contribution in [3.8, 4) is 0 Å². The summed E-state index contributed by atoms with van der Waals surface area (Å²) in [5, 5.41) is 11.3. The number of aliphatic hydroxyl groups is 1. The predicted octanol–water partition coefficient (Wildman–Crippen LogP) is 1.43. The average Bonchev–Trinajstić information content (AvgIpc) is 2.19. The van der Waals surface area contributed by atoms with Crippen LogP contribution >= 0.6 is 0 Å². The number of alkyl carbamates (subject to hydrolysis) is 1. The molecule has 0 aromatic heterocycles. The first kappa shape index (κ1) is 11.3. The maximum atomic E-state index is 11.2. The Hall–Kier alpha value is -0.770. The molecule has 0 bridgehead atoms. The Morgan fingerprint density at radius 2 is 2.14 bits per heavy atom. The first-order chi connectivity index (χ1) is 6.72. The van der Waals surface area contributed by atoms with Gasteiger partial charge in [-0.2, -0.15) is 0 Å². The number of ether oxygens (including phenoxy) is 1. The highest BCUT2D eigenvalue weighted by Crippen LogP contribution is 2.20. The highest BCUT2D eigenvalue weighted by atomic mass is 16.6. The molecule has 0 aromatic carbocycles. The molecule has 1 saturated carbocycles. The number of aliphatic hydroxyl groups excluding tert-OH is 1. The largest absolute Gasteiger partial charge is 0.446 e. The summed E-state index contributed by atoms with van der Waals surface area (Å²) in [6.45, 7) is 1.68. The van der Waals surface area contributed by atoms with Crippen LogP contribution in [0, 0.1) is 0 Å². The van der Waals surface area contributed by atoms with Crippen LogP contribution in [-0.4, -0.2) is 30.0 Å². The van der Waals surface area contributed by atoms with Crippen molar-refractivity contribution in [2.75, 3.05) is 6.61 Å². The van der Waals surface area contributed by atoms with Gasteiger partial charge in [0.15, 0.2) is 0 Å². The molecule has 0 unspecified atom stereocenters. The van der Waals surface area contributed by atoms with Crippen molar-refractivity contribution in [2.24, 2.45) is 0 Å². The molecule has 1 amide bonds. The lowest BCUT2D eigenvalue weighted by Crippen LogP contribution is -2.37. The monoisotopic (exact) mass is 201 g/mol. The molecular formula is C10H19NO3. The molecule has 1 atom stereocenters. The lowest BCUT2D eigenvalue weighted by molar-refractivity contribution is 0.0710. The maximum absolute atomic E-state index is 11.2. The van der Waals surface area contributed by atoms with Crippen LogP contribution in [0.3, 0.4) is 0 Å². The molecule has 1 fully saturated rings. The van der Waals surface area contributed by atoms with E-state index in [-0.39, 0.29) is 18.8 Å². The Labute approximate surface area is 84.6 Å². The Balaban J connectivity index is 2.18. The Bertz CT molecular complexity index is 178. The van der Waals surface area contributed by atoms with E-state index in [2.05, 4.69) is 5.32 Å². The van der Waals surface area contributed by atoms with E-state index in [9.17, 15) is 4.79 Å². The van der Waals surface area contributed by atoms with Crippen molar-refractivity contribution in [3.63, 3.8) is 0 Å². The fraction of sp³-hybridized carbons (Fsp3) is 0.900. The van der Waals surface area contributed by atoms with Gasteiger partial charge in [-0.25, -0.2) is 4.79 Å². The Morgan fingerprint density at radius 1 is 1.50 bits per heavy atom. The topological polar surface area (TPSA) is 58.6 Å². The number of hydrogen-bond donors (Lipinski definition) is 2. The molecule has 0 saturated heterocycles. The summed E-state index contributed by atoms with van der Waals surface area (Å²) in [7, 11) is 0. The Kier molecular flexibility index (Phi) is 4.73. The molecule has 1 aliphatic carbocycles. The smallest absolute Gasteiger partial charge is 0.407 e. The molecule has 0 aromatic rings. The van der Waals surface area contributed by atoms with Gasteiger partial charge in [0, 0.05) is 0 Å². The van der Waals surface area contributed by atoms with Gasteiger partial charge >= 0.3 is 6.09 Å². The normalized spacial score (nSPS) is 20.1. The van der Waals surface area contributed by atoms with Gasteiger partial charge in [-0.1, -0.05) is 6.42 Å². The summed E-state index contributed by atoms with van der Waals surface area (Å²) in [6, 6.07) is -0.230. The summed E-state index contributed by atoms with van der Waals surface area (Å²) in [5.41, 5.74) is 0. The van der Waals surface area contributed by atoms with Gasteiger partial charge in [0.1, 0.15) is 6.10 Å². The lowest BCUT2D eigenvalue weighted by Gasteiger charge is -2.22. The van der Waals surface area contributed by atoms with Crippen LogP contribution in [0.5, 0.6) is 0 Å². The van der Waals surface area contributed by atoms with Crippen molar-refractivity contribution in [1.82, 2.24) is 5.32 Å².